The summed E-state index contributed by atoms with van der Waals surface area (Å²) in [4.78, 5) is 17.9. The van der Waals surface area contributed by atoms with E-state index < -0.39 is 0 Å². The average Bonchev–Trinajstić information content (AvgIpc) is 3.29. The number of piperidine rings is 1. The zero-order valence-electron chi connectivity index (χ0n) is 19.1. The molecule has 1 fully saturated rings. The number of benzene rings is 2. The van der Waals surface area contributed by atoms with Crippen molar-refractivity contribution in [3.8, 4) is 28.4 Å². The minimum atomic E-state index is -0.0328. The lowest BCUT2D eigenvalue weighted by Crippen LogP contribution is -2.44. The van der Waals surface area contributed by atoms with E-state index in [0.29, 0.717) is 22.8 Å². The van der Waals surface area contributed by atoms with E-state index in [1.54, 1.807) is 18.9 Å². The van der Waals surface area contributed by atoms with Crippen LogP contribution in [0.4, 0.5) is 0 Å². The van der Waals surface area contributed by atoms with E-state index in [-0.39, 0.29) is 11.9 Å². The quantitative estimate of drug-likeness (QED) is 0.592. The second-order valence-corrected chi connectivity index (χ2v) is 8.19. The van der Waals surface area contributed by atoms with Crippen LogP contribution in [-0.2, 0) is 0 Å². The lowest BCUT2D eigenvalue weighted by molar-refractivity contribution is 0.0660. The van der Waals surface area contributed by atoms with Gasteiger partial charge >= 0.3 is 0 Å². The summed E-state index contributed by atoms with van der Waals surface area (Å²) in [5, 5.41) is 4.82. The highest BCUT2D eigenvalue weighted by molar-refractivity contribution is 6.00. The molecule has 4 rings (SSSR count). The monoisotopic (exact) mass is 434 g/mol. The van der Waals surface area contributed by atoms with Crippen LogP contribution < -0.4 is 9.47 Å². The molecule has 3 aromatic rings. The topological polar surface area (TPSA) is 59.8 Å². The van der Waals surface area contributed by atoms with Gasteiger partial charge in [-0.1, -0.05) is 18.2 Å². The van der Waals surface area contributed by atoms with E-state index in [0.717, 1.165) is 37.2 Å². The first-order valence-electron chi connectivity index (χ1n) is 10.8. The number of amides is 1. The fourth-order valence-corrected chi connectivity index (χ4v) is 4.17. The molecule has 1 aliphatic heterocycles. The smallest absolute Gasteiger partial charge is 0.257 e. The molecule has 0 spiro atoms. The third-order valence-electron chi connectivity index (χ3n) is 6.19. The van der Waals surface area contributed by atoms with Crippen LogP contribution in [0.3, 0.4) is 0 Å². The van der Waals surface area contributed by atoms with E-state index in [4.69, 9.17) is 14.6 Å². The Hall–Kier alpha value is -3.32. The van der Waals surface area contributed by atoms with E-state index in [1.807, 2.05) is 66.7 Å². The van der Waals surface area contributed by atoms with Crippen LogP contribution in [0.25, 0.3) is 16.9 Å². The van der Waals surface area contributed by atoms with Gasteiger partial charge in [-0.05, 0) is 57.2 Å². The van der Waals surface area contributed by atoms with Crippen LogP contribution in [0.5, 0.6) is 11.5 Å². The predicted octanol–water partition coefficient (Wildman–Crippen LogP) is 3.72. The number of hydrogen-bond donors (Lipinski definition) is 0. The van der Waals surface area contributed by atoms with Crippen LogP contribution in [0.2, 0.25) is 0 Å². The molecule has 0 aliphatic carbocycles. The van der Waals surface area contributed by atoms with Gasteiger partial charge < -0.3 is 19.3 Å². The minimum Gasteiger partial charge on any atom is -0.497 e. The molecule has 0 N–H and O–H groups in total. The summed E-state index contributed by atoms with van der Waals surface area (Å²) in [5.41, 5.74) is 2.79. The van der Waals surface area contributed by atoms with Crippen LogP contribution >= 0.6 is 0 Å². The Bertz CT molecular complexity index is 1070. The molecule has 2 heterocycles. The number of rotatable bonds is 6. The van der Waals surface area contributed by atoms with E-state index in [2.05, 4.69) is 11.9 Å². The van der Waals surface area contributed by atoms with Crippen molar-refractivity contribution in [2.24, 2.45) is 0 Å². The van der Waals surface area contributed by atoms with Gasteiger partial charge in [-0.15, -0.1) is 0 Å². The van der Waals surface area contributed by atoms with Crippen molar-refractivity contribution in [3.63, 3.8) is 0 Å². The summed E-state index contributed by atoms with van der Waals surface area (Å²) in [6.45, 7) is 1.98. The molecule has 0 saturated carbocycles. The molecular formula is C25H30N4O3. The van der Waals surface area contributed by atoms with Gasteiger partial charge in [0.05, 0.1) is 25.5 Å². The number of nitrogens with zero attached hydrogens (tertiary/aromatic N) is 4. The number of carbonyl (C=O) groups excluding carboxylic acids is 1. The number of para-hydroxylation sites is 1. The van der Waals surface area contributed by atoms with Crippen molar-refractivity contribution in [1.29, 1.82) is 0 Å². The molecular weight excluding hydrogens is 404 g/mol. The third-order valence-corrected chi connectivity index (χ3v) is 6.19. The van der Waals surface area contributed by atoms with Crippen LogP contribution in [0, 0.1) is 0 Å². The Labute approximate surface area is 189 Å². The Morgan fingerprint density at radius 3 is 2.44 bits per heavy atom. The third kappa shape index (κ3) is 4.34. The zero-order chi connectivity index (χ0) is 22.7. The van der Waals surface area contributed by atoms with Crippen molar-refractivity contribution in [2.75, 3.05) is 41.4 Å². The standard InChI is InChI=1S/C25H30N4O3/c1-27-14-12-18(13-15-27)28(2)25(30)22-17-29(19-8-6-5-7-9-19)26-24(22)21-11-10-20(31-3)16-23(21)32-4/h5-11,16-18H,12-15H2,1-4H3. The van der Waals surface area contributed by atoms with E-state index >= 15 is 0 Å². The summed E-state index contributed by atoms with van der Waals surface area (Å²) in [5.74, 6) is 1.26. The predicted molar refractivity (Wildman–Crippen MR) is 125 cm³/mol. The molecule has 168 valence electrons. The average molecular weight is 435 g/mol. The highest BCUT2D eigenvalue weighted by Crippen LogP contribution is 2.35. The number of ether oxygens (including phenoxy) is 2. The van der Waals surface area contributed by atoms with Crippen molar-refractivity contribution in [1.82, 2.24) is 19.6 Å². The summed E-state index contributed by atoms with van der Waals surface area (Å²) < 4.78 is 12.7. The molecule has 0 bridgehead atoms. The lowest BCUT2D eigenvalue weighted by Gasteiger charge is -2.35. The second-order valence-electron chi connectivity index (χ2n) is 8.19. The molecule has 32 heavy (non-hydrogen) atoms. The maximum Gasteiger partial charge on any atom is 0.257 e. The van der Waals surface area contributed by atoms with Gasteiger partial charge in [0.1, 0.15) is 17.2 Å². The van der Waals surface area contributed by atoms with Crippen molar-refractivity contribution in [3.05, 3.63) is 60.3 Å². The van der Waals surface area contributed by atoms with E-state index in [9.17, 15) is 4.79 Å². The maximum atomic E-state index is 13.7. The first-order chi connectivity index (χ1) is 15.5. The van der Waals surface area contributed by atoms with Crippen LogP contribution in [0.1, 0.15) is 23.2 Å². The zero-order valence-corrected chi connectivity index (χ0v) is 19.1. The molecule has 1 amide bonds. The molecule has 1 aliphatic rings. The van der Waals surface area contributed by atoms with Gasteiger partial charge in [0.15, 0.2) is 0 Å². The Morgan fingerprint density at radius 1 is 1.06 bits per heavy atom. The first kappa shape index (κ1) is 21.9. The van der Waals surface area contributed by atoms with Gasteiger partial charge in [0.2, 0.25) is 0 Å². The molecule has 7 heteroatoms. The minimum absolute atomic E-state index is 0.0328. The SMILES string of the molecule is COc1ccc(-c2nn(-c3ccccc3)cc2C(=O)N(C)C2CCN(C)CC2)c(OC)c1. The van der Waals surface area contributed by atoms with Gasteiger partial charge in [0.25, 0.3) is 5.91 Å². The van der Waals surface area contributed by atoms with Crippen molar-refractivity contribution in [2.45, 2.75) is 18.9 Å². The van der Waals surface area contributed by atoms with Crippen LogP contribution in [-0.4, -0.2) is 72.9 Å². The second kappa shape index (κ2) is 9.44. The van der Waals surface area contributed by atoms with Gasteiger partial charge in [0, 0.05) is 30.9 Å². The van der Waals surface area contributed by atoms with Crippen molar-refractivity contribution >= 4 is 5.91 Å². The molecule has 7 nitrogen and oxygen atoms in total. The summed E-state index contributed by atoms with van der Waals surface area (Å²) >= 11 is 0. The first-order valence-corrected chi connectivity index (χ1v) is 10.8. The van der Waals surface area contributed by atoms with Gasteiger partial charge in [-0.25, -0.2) is 4.68 Å². The molecule has 2 aromatic carbocycles. The maximum absolute atomic E-state index is 13.7. The number of methoxy groups -OCH3 is 2. The molecule has 0 unspecified atom stereocenters. The fraction of sp³-hybridized carbons (Fsp3) is 0.360. The molecule has 0 radical (unpaired) electrons. The highest BCUT2D eigenvalue weighted by Gasteiger charge is 2.29. The van der Waals surface area contributed by atoms with Gasteiger partial charge in [-0.3, -0.25) is 4.79 Å². The molecule has 1 aromatic heterocycles. The Balaban J connectivity index is 1.77. The summed E-state index contributed by atoms with van der Waals surface area (Å²) in [6, 6.07) is 15.6. The number of likely N-dealkylation sites (tertiary alicyclic amines) is 1. The van der Waals surface area contributed by atoms with Gasteiger partial charge in [-0.2, -0.15) is 5.10 Å². The van der Waals surface area contributed by atoms with Crippen LogP contribution in [0.15, 0.2) is 54.7 Å². The summed E-state index contributed by atoms with van der Waals surface area (Å²) in [6.07, 6.45) is 3.75. The number of hydrogen-bond acceptors (Lipinski definition) is 5. The highest BCUT2D eigenvalue weighted by atomic mass is 16.5. The summed E-state index contributed by atoms with van der Waals surface area (Å²) in [7, 11) is 7.24. The Kier molecular flexibility index (Phi) is 6.46. The van der Waals surface area contributed by atoms with E-state index in [1.165, 1.54) is 0 Å². The largest absolute Gasteiger partial charge is 0.497 e. The lowest BCUT2D eigenvalue weighted by atomic mass is 10.0. The number of carbonyl (C=O) groups is 1. The normalized spacial score (nSPS) is 14.9. The molecule has 0 atom stereocenters. The Morgan fingerprint density at radius 2 is 1.78 bits per heavy atom. The van der Waals surface area contributed by atoms with Crippen molar-refractivity contribution < 1.29 is 14.3 Å². The molecule has 1 saturated heterocycles. The fourth-order valence-electron chi connectivity index (χ4n) is 4.17. The number of aromatic nitrogens is 2.